The van der Waals surface area contributed by atoms with E-state index in [2.05, 4.69) is 31.0 Å². The average molecular weight is 907 g/mol. The van der Waals surface area contributed by atoms with Gasteiger partial charge in [0.05, 0.1) is 46.7 Å². The van der Waals surface area contributed by atoms with Crippen LogP contribution in [0.1, 0.15) is 21.5 Å². The third-order valence-corrected chi connectivity index (χ3v) is 11.3. The van der Waals surface area contributed by atoms with Crippen molar-refractivity contribution in [2.45, 2.75) is 9.79 Å². The van der Waals surface area contributed by atoms with Crippen LogP contribution in [0.5, 0.6) is 17.2 Å². The van der Waals surface area contributed by atoms with Crippen LogP contribution in [0.4, 0.5) is 34.1 Å². The molecule has 21 nitrogen and oxygen atoms in total. The first-order valence-electron chi connectivity index (χ1n) is 18.1. The molecule has 0 unspecified atom stereocenters. The average Bonchev–Trinajstić information content (AvgIpc) is 3.26. The molecule has 23 heteroatoms. The normalized spacial score (nSPS) is 13.4. The van der Waals surface area contributed by atoms with Gasteiger partial charge in [-0.2, -0.15) is 21.9 Å². The summed E-state index contributed by atoms with van der Waals surface area (Å²) in [5.74, 6) is -1.82. The summed E-state index contributed by atoms with van der Waals surface area (Å²) in [5.41, 5.74) is 1.69. The van der Waals surface area contributed by atoms with Crippen molar-refractivity contribution >= 4 is 88.6 Å². The van der Waals surface area contributed by atoms with Gasteiger partial charge in [-0.05, 0) is 83.3 Å². The number of hydrazone groups is 1. The molecule has 0 saturated heterocycles. The minimum absolute atomic E-state index is 0.0712. The number of hydrogen-bond donors (Lipinski definition) is 6. The Morgan fingerprint density at radius 1 is 0.766 bits per heavy atom. The molecule has 0 saturated carbocycles. The van der Waals surface area contributed by atoms with E-state index in [-0.39, 0.29) is 44.6 Å². The summed E-state index contributed by atoms with van der Waals surface area (Å²) in [6.07, 6.45) is 2.46. The van der Waals surface area contributed by atoms with E-state index < -0.39 is 58.7 Å². The quantitative estimate of drug-likeness (QED) is 0.0272. The number of nitrogens with one attached hydrogen (secondary N) is 2. The fourth-order valence-electron chi connectivity index (χ4n) is 6.44. The van der Waals surface area contributed by atoms with E-state index in [9.17, 15) is 51.1 Å². The minimum Gasteiger partial charge on any atom is -0.505 e. The maximum absolute atomic E-state index is 12.7. The Morgan fingerprint density at radius 2 is 1.41 bits per heavy atom. The Kier molecular flexibility index (Phi) is 11.8. The number of carbonyl (C=O) groups is 1. The lowest BCUT2D eigenvalue weighted by molar-refractivity contribution is -0.384. The van der Waals surface area contributed by atoms with Crippen molar-refractivity contribution < 1.29 is 55.3 Å². The SMILES string of the molecule is COc1cc(-c2ccc(N=Nc3cccc4cc(S(=O)(=O)O)ccc34)c(OC)c2)ccc1N=Nc1c(S(=O)(=O)O)cc2c(c1O)C=CC(=N)C2=NNc1ccc([N+](=O)[O-])cc1C(=O)O. The van der Waals surface area contributed by atoms with Crippen LogP contribution in [0.3, 0.4) is 0 Å². The predicted octanol–water partition coefficient (Wildman–Crippen LogP) is 9.02. The van der Waals surface area contributed by atoms with Crippen LogP contribution in [-0.2, 0) is 20.2 Å². The standard InChI is InChI=1S/C41H30N8O13S2/c1-61-35-17-21(6-13-33(35)45-43-31-5-3-4-23-16-25(63(55,56)57)9-10-26(23)31)22-7-14-34(36(18-22)62-2)46-48-39-37(64(58,59)60)20-28-27(40(39)50)11-12-30(42)38(28)47-44-32-15-8-24(49(53)54)19-29(32)41(51)52/h3-20,42,44,50H,1-2H3,(H,51,52)(H,55,56,57)(H,58,59,60). The number of hydrogen-bond acceptors (Lipinski definition) is 17. The second-order valence-electron chi connectivity index (χ2n) is 13.4. The van der Waals surface area contributed by atoms with Crippen molar-refractivity contribution in [3.05, 3.63) is 130 Å². The van der Waals surface area contributed by atoms with Crippen molar-refractivity contribution in [1.82, 2.24) is 0 Å². The highest BCUT2D eigenvalue weighted by Gasteiger charge is 2.29. The van der Waals surface area contributed by atoms with E-state index in [1.54, 1.807) is 48.5 Å². The zero-order valence-corrected chi connectivity index (χ0v) is 34.5. The highest BCUT2D eigenvalue weighted by molar-refractivity contribution is 7.86. The number of non-ortho nitro benzene ring substituents is 1. The first kappa shape index (κ1) is 43.8. The summed E-state index contributed by atoms with van der Waals surface area (Å²) in [7, 11) is -6.76. The number of phenolic OH excluding ortho intramolecular Hbond substituents is 1. The number of ether oxygens (including phenoxy) is 2. The molecule has 64 heavy (non-hydrogen) atoms. The van der Waals surface area contributed by atoms with Crippen molar-refractivity contribution in [3.8, 4) is 28.4 Å². The molecule has 7 rings (SSSR count). The lowest BCUT2D eigenvalue weighted by atomic mass is 9.93. The largest absolute Gasteiger partial charge is 0.505 e. The third-order valence-electron chi connectivity index (χ3n) is 9.56. The van der Waals surface area contributed by atoms with Gasteiger partial charge in [0.1, 0.15) is 39.2 Å². The van der Waals surface area contributed by atoms with Crippen LogP contribution in [0.2, 0.25) is 0 Å². The van der Waals surface area contributed by atoms with Crippen LogP contribution >= 0.6 is 0 Å². The molecule has 0 aromatic heterocycles. The summed E-state index contributed by atoms with van der Waals surface area (Å²) >= 11 is 0. The van der Waals surface area contributed by atoms with Gasteiger partial charge in [0.15, 0.2) is 5.75 Å². The number of allylic oxidation sites excluding steroid dienone is 1. The lowest BCUT2D eigenvalue weighted by Crippen LogP contribution is -2.20. The first-order valence-corrected chi connectivity index (χ1v) is 21.0. The molecule has 6 aromatic carbocycles. The number of carboxylic acid groups (broad SMARTS) is 1. The Hall–Kier alpha value is -8.25. The number of anilines is 1. The number of aromatic hydroxyl groups is 1. The van der Waals surface area contributed by atoms with E-state index in [4.69, 9.17) is 14.9 Å². The number of methoxy groups -OCH3 is 2. The molecule has 0 aliphatic heterocycles. The summed E-state index contributed by atoms with van der Waals surface area (Å²) in [6, 6.07) is 22.7. The summed E-state index contributed by atoms with van der Waals surface area (Å²) in [6.45, 7) is 0. The number of rotatable bonds is 13. The van der Waals surface area contributed by atoms with Gasteiger partial charge >= 0.3 is 5.97 Å². The van der Waals surface area contributed by atoms with Gasteiger partial charge in [-0.15, -0.1) is 20.5 Å². The van der Waals surface area contributed by atoms with E-state index >= 15 is 0 Å². The number of aromatic carboxylic acids is 1. The van der Waals surface area contributed by atoms with E-state index in [0.717, 1.165) is 24.3 Å². The number of phenols is 1. The minimum atomic E-state index is -5.15. The van der Waals surface area contributed by atoms with Gasteiger partial charge in [0, 0.05) is 28.6 Å². The van der Waals surface area contributed by atoms with Crippen molar-refractivity contribution in [3.63, 3.8) is 0 Å². The molecule has 324 valence electrons. The van der Waals surface area contributed by atoms with Crippen molar-refractivity contribution in [2.24, 2.45) is 25.6 Å². The van der Waals surface area contributed by atoms with E-state index in [1.807, 2.05) is 0 Å². The third kappa shape index (κ3) is 8.88. The van der Waals surface area contributed by atoms with Crippen LogP contribution in [0.25, 0.3) is 28.0 Å². The molecule has 6 N–H and O–H groups in total. The molecule has 0 spiro atoms. The van der Waals surface area contributed by atoms with Gasteiger partial charge in [0.25, 0.3) is 25.9 Å². The van der Waals surface area contributed by atoms with Crippen molar-refractivity contribution in [1.29, 1.82) is 5.41 Å². The van der Waals surface area contributed by atoms with Gasteiger partial charge in [0.2, 0.25) is 0 Å². The molecule has 0 amide bonds. The van der Waals surface area contributed by atoms with E-state index in [0.29, 0.717) is 39.0 Å². The van der Waals surface area contributed by atoms with Gasteiger partial charge < -0.3 is 19.7 Å². The van der Waals surface area contributed by atoms with Gasteiger partial charge in [-0.25, -0.2) is 4.79 Å². The lowest BCUT2D eigenvalue weighted by Gasteiger charge is -2.18. The number of benzene rings is 6. The Morgan fingerprint density at radius 3 is 2.00 bits per heavy atom. The number of nitro groups is 1. The number of nitro benzene ring substituents is 1. The van der Waals surface area contributed by atoms with Gasteiger partial charge in [-0.3, -0.25) is 30.1 Å². The maximum atomic E-state index is 12.7. The predicted molar refractivity (Wildman–Crippen MR) is 232 cm³/mol. The highest BCUT2D eigenvalue weighted by atomic mass is 32.2. The highest BCUT2D eigenvalue weighted by Crippen LogP contribution is 2.44. The Balaban J connectivity index is 1.19. The molecular weight excluding hydrogens is 877 g/mol. The summed E-state index contributed by atoms with van der Waals surface area (Å²) in [5, 5.41) is 62.5. The molecule has 0 bridgehead atoms. The molecule has 6 aromatic rings. The Bertz CT molecular complexity index is 3330. The van der Waals surface area contributed by atoms with Crippen LogP contribution in [-0.4, -0.2) is 72.7 Å². The number of fused-ring (bicyclic) bond motifs is 2. The summed E-state index contributed by atoms with van der Waals surface area (Å²) < 4.78 is 79.5. The van der Waals surface area contributed by atoms with Gasteiger partial charge in [-0.1, -0.05) is 30.3 Å². The monoisotopic (exact) mass is 906 g/mol. The van der Waals surface area contributed by atoms with Crippen LogP contribution in [0.15, 0.2) is 138 Å². The van der Waals surface area contributed by atoms with Crippen LogP contribution < -0.4 is 14.9 Å². The molecule has 0 fully saturated rings. The summed E-state index contributed by atoms with van der Waals surface area (Å²) in [4.78, 5) is 21.1. The molecular formula is C41H30N8O13S2. The second kappa shape index (κ2) is 17.3. The fraction of sp³-hybridized carbons (Fsp3) is 0.0488. The number of azo groups is 2. The topological polar surface area (TPSA) is 326 Å². The maximum Gasteiger partial charge on any atom is 0.338 e. The zero-order chi connectivity index (χ0) is 46.1. The Labute approximate surface area is 361 Å². The molecule has 0 radical (unpaired) electrons. The first-order chi connectivity index (χ1) is 30.4. The second-order valence-corrected chi connectivity index (χ2v) is 16.2. The number of nitrogens with zero attached hydrogens (tertiary/aromatic N) is 6. The smallest absolute Gasteiger partial charge is 0.338 e. The van der Waals surface area contributed by atoms with Crippen molar-refractivity contribution in [2.75, 3.05) is 19.6 Å². The molecule has 1 aliphatic carbocycles. The zero-order valence-electron chi connectivity index (χ0n) is 32.9. The van der Waals surface area contributed by atoms with Crippen LogP contribution in [0, 0.1) is 15.5 Å². The molecule has 0 heterocycles. The number of carboxylic acids is 1. The molecule has 1 aliphatic rings. The fourth-order valence-corrected chi connectivity index (χ4v) is 7.60. The van der Waals surface area contributed by atoms with E-state index in [1.165, 1.54) is 50.6 Å². The molecule has 0 atom stereocenters.